The second-order valence-corrected chi connectivity index (χ2v) is 11.6. The predicted molar refractivity (Wildman–Crippen MR) is 169 cm³/mol. The first kappa shape index (κ1) is 29.3. The number of amides is 3. The molecule has 2 N–H and O–H groups in total. The number of para-hydroxylation sites is 1. The zero-order valence-corrected chi connectivity index (χ0v) is 24.7. The van der Waals surface area contributed by atoms with E-state index in [1.165, 1.54) is 11.1 Å². The number of rotatable bonds is 12. The Bertz CT molecular complexity index is 1540. The van der Waals surface area contributed by atoms with Crippen molar-refractivity contribution in [3.8, 4) is 11.3 Å². The maximum absolute atomic E-state index is 13.8. The molecular weight excluding hydrogens is 544 g/mol. The van der Waals surface area contributed by atoms with Gasteiger partial charge in [0.05, 0.1) is 16.8 Å². The highest BCUT2D eigenvalue weighted by Crippen LogP contribution is 2.25. The summed E-state index contributed by atoms with van der Waals surface area (Å²) in [6.07, 6.45) is 2.17. The van der Waals surface area contributed by atoms with Crippen molar-refractivity contribution in [2.45, 2.75) is 38.0 Å². The maximum atomic E-state index is 13.8. The molecule has 0 saturated carbocycles. The molecule has 1 aliphatic heterocycles. The largest absolute Gasteiger partial charge is 0.354 e. The highest BCUT2D eigenvalue weighted by atomic mass is 32.2. The van der Waals surface area contributed by atoms with Crippen LogP contribution in [0, 0.1) is 6.92 Å². The molecule has 4 aromatic rings. The van der Waals surface area contributed by atoms with Crippen LogP contribution in [0.4, 0.5) is 0 Å². The average molecular weight is 581 g/mol. The van der Waals surface area contributed by atoms with Crippen LogP contribution in [0.2, 0.25) is 0 Å². The summed E-state index contributed by atoms with van der Waals surface area (Å²) in [6, 6.07) is 26.7. The van der Waals surface area contributed by atoms with Gasteiger partial charge < -0.3 is 15.5 Å². The average Bonchev–Trinajstić information content (AvgIpc) is 3.43. The lowest BCUT2D eigenvalue weighted by molar-refractivity contribution is -0.127. The normalized spacial score (nSPS) is 13.7. The lowest BCUT2D eigenvalue weighted by Gasteiger charge is -2.20. The van der Waals surface area contributed by atoms with Gasteiger partial charge in [-0.25, -0.2) is 4.98 Å². The topological polar surface area (TPSA) is 91.4 Å². The van der Waals surface area contributed by atoms with Gasteiger partial charge in [0.1, 0.15) is 6.04 Å². The first-order valence-corrected chi connectivity index (χ1v) is 15.6. The minimum Gasteiger partial charge on any atom is -0.354 e. The van der Waals surface area contributed by atoms with Crippen molar-refractivity contribution in [2.75, 3.05) is 25.4 Å². The van der Waals surface area contributed by atoms with Crippen LogP contribution in [0.3, 0.4) is 0 Å². The Balaban J connectivity index is 1.31. The summed E-state index contributed by atoms with van der Waals surface area (Å²) in [5.41, 5.74) is 5.17. The van der Waals surface area contributed by atoms with E-state index in [-0.39, 0.29) is 17.7 Å². The summed E-state index contributed by atoms with van der Waals surface area (Å²) in [6.45, 7) is 3.90. The van der Waals surface area contributed by atoms with Crippen molar-refractivity contribution in [3.05, 3.63) is 102 Å². The zero-order chi connectivity index (χ0) is 29.3. The van der Waals surface area contributed by atoms with Gasteiger partial charge in [0, 0.05) is 48.5 Å². The number of carbonyl (C=O) groups excluding carboxylic acids is 3. The number of nitrogens with zero attached hydrogens (tertiary/aromatic N) is 2. The van der Waals surface area contributed by atoms with Crippen LogP contribution < -0.4 is 10.6 Å². The highest BCUT2D eigenvalue weighted by Gasteiger charge is 2.24. The van der Waals surface area contributed by atoms with E-state index in [1.807, 2.05) is 59.5 Å². The number of benzene rings is 3. The zero-order valence-electron chi connectivity index (χ0n) is 23.8. The molecule has 1 saturated heterocycles. The third-order valence-corrected chi connectivity index (χ3v) is 8.51. The number of aryl methyl sites for hydroxylation is 1. The van der Waals surface area contributed by atoms with Gasteiger partial charge in [0.25, 0.3) is 5.91 Å². The molecule has 0 aliphatic carbocycles. The van der Waals surface area contributed by atoms with E-state index in [4.69, 9.17) is 4.98 Å². The summed E-state index contributed by atoms with van der Waals surface area (Å²) >= 11 is 1.61. The predicted octanol–water partition coefficient (Wildman–Crippen LogP) is 5.37. The molecule has 0 spiro atoms. The van der Waals surface area contributed by atoms with E-state index in [0.717, 1.165) is 35.2 Å². The number of hydrogen-bond acceptors (Lipinski definition) is 5. The van der Waals surface area contributed by atoms with E-state index in [2.05, 4.69) is 41.8 Å². The van der Waals surface area contributed by atoms with Crippen molar-refractivity contribution >= 4 is 40.4 Å². The molecule has 1 aromatic heterocycles. The lowest BCUT2D eigenvalue weighted by atomic mass is 10.0. The Hall–Kier alpha value is -4.17. The van der Waals surface area contributed by atoms with Gasteiger partial charge in [-0.2, -0.15) is 11.8 Å². The minimum atomic E-state index is -0.728. The van der Waals surface area contributed by atoms with Gasteiger partial charge in [-0.15, -0.1) is 0 Å². The maximum Gasteiger partial charge on any atom is 0.252 e. The van der Waals surface area contributed by atoms with Crippen LogP contribution in [-0.4, -0.2) is 59.0 Å². The molecule has 1 aliphatic rings. The fraction of sp³-hybridized carbons (Fsp3) is 0.294. The Morgan fingerprint density at radius 1 is 1.00 bits per heavy atom. The second-order valence-electron chi connectivity index (χ2n) is 10.6. The Labute approximate surface area is 251 Å². The summed E-state index contributed by atoms with van der Waals surface area (Å²) in [7, 11) is 0. The third kappa shape index (κ3) is 7.56. The van der Waals surface area contributed by atoms with Crippen LogP contribution in [0.25, 0.3) is 22.2 Å². The van der Waals surface area contributed by atoms with Crippen LogP contribution in [-0.2, 0) is 15.3 Å². The van der Waals surface area contributed by atoms with Crippen LogP contribution >= 0.6 is 11.8 Å². The van der Waals surface area contributed by atoms with Gasteiger partial charge in [0.15, 0.2) is 0 Å². The standard InChI is InChI=1S/C34H36N4O3S/c1-24-14-16-25(17-15-24)22-42-23-31(34(41)35-18-8-20-38-19-7-13-32(38)39)37-33(40)28-21-30(26-9-3-2-4-10-26)36-29-12-6-5-11-27(28)29/h2-6,9-12,14-17,21,31H,7-8,13,18-20,22-23H2,1H3,(H,35,41)(H,37,40)/t31-/m1/s1. The van der Waals surface area contributed by atoms with Gasteiger partial charge in [-0.05, 0) is 37.5 Å². The summed E-state index contributed by atoms with van der Waals surface area (Å²) in [4.78, 5) is 45.7. The summed E-state index contributed by atoms with van der Waals surface area (Å²) in [5, 5.41) is 6.75. The molecule has 216 valence electrons. The Morgan fingerprint density at radius 3 is 2.52 bits per heavy atom. The number of nitrogens with one attached hydrogen (secondary N) is 2. The van der Waals surface area contributed by atoms with Gasteiger partial charge in [-0.1, -0.05) is 78.4 Å². The number of carbonyl (C=O) groups is 3. The highest BCUT2D eigenvalue weighted by molar-refractivity contribution is 7.98. The smallest absolute Gasteiger partial charge is 0.252 e. The van der Waals surface area contributed by atoms with Crippen LogP contribution in [0.5, 0.6) is 0 Å². The fourth-order valence-corrected chi connectivity index (χ4v) is 6.08. The number of thioether (sulfide) groups is 1. The second kappa shape index (κ2) is 14.1. The van der Waals surface area contributed by atoms with E-state index < -0.39 is 6.04 Å². The number of fused-ring (bicyclic) bond motifs is 1. The molecule has 0 unspecified atom stereocenters. The van der Waals surface area contributed by atoms with Gasteiger partial charge >= 0.3 is 0 Å². The lowest BCUT2D eigenvalue weighted by Crippen LogP contribution is -2.48. The molecular formula is C34H36N4O3S. The number of aromatic nitrogens is 1. The molecule has 2 heterocycles. The molecule has 42 heavy (non-hydrogen) atoms. The van der Waals surface area contributed by atoms with Crippen molar-refractivity contribution in [3.63, 3.8) is 0 Å². The van der Waals surface area contributed by atoms with Crippen molar-refractivity contribution in [2.24, 2.45) is 0 Å². The summed E-state index contributed by atoms with van der Waals surface area (Å²) < 4.78 is 0. The quantitative estimate of drug-likeness (QED) is 0.220. The fourth-order valence-electron chi connectivity index (χ4n) is 5.06. The van der Waals surface area contributed by atoms with Crippen molar-refractivity contribution < 1.29 is 14.4 Å². The van der Waals surface area contributed by atoms with Gasteiger partial charge in [-0.3, -0.25) is 14.4 Å². The molecule has 3 amide bonds. The molecule has 7 nitrogen and oxygen atoms in total. The molecule has 0 bridgehead atoms. The molecule has 3 aromatic carbocycles. The first-order valence-electron chi connectivity index (χ1n) is 14.4. The summed E-state index contributed by atoms with van der Waals surface area (Å²) in [5.74, 6) is 0.787. The first-order chi connectivity index (χ1) is 20.5. The SMILES string of the molecule is Cc1ccc(CSC[C@@H](NC(=O)c2cc(-c3ccccc3)nc3ccccc23)C(=O)NCCCN2CCCC2=O)cc1. The van der Waals surface area contributed by atoms with E-state index in [9.17, 15) is 14.4 Å². The van der Waals surface area contributed by atoms with Crippen molar-refractivity contribution in [1.82, 2.24) is 20.5 Å². The van der Waals surface area contributed by atoms with Crippen LogP contribution in [0.15, 0.2) is 84.9 Å². The number of hydrogen-bond donors (Lipinski definition) is 2. The number of likely N-dealkylation sites (tertiary alicyclic amines) is 1. The molecule has 5 rings (SSSR count). The van der Waals surface area contributed by atoms with E-state index in [0.29, 0.717) is 42.9 Å². The number of pyridine rings is 1. The van der Waals surface area contributed by atoms with Crippen molar-refractivity contribution in [1.29, 1.82) is 0 Å². The molecule has 1 fully saturated rings. The van der Waals surface area contributed by atoms with E-state index >= 15 is 0 Å². The van der Waals surface area contributed by atoms with Gasteiger partial charge in [0.2, 0.25) is 11.8 Å². The molecule has 1 atom stereocenters. The Kier molecular flexibility index (Phi) is 9.87. The minimum absolute atomic E-state index is 0.179. The third-order valence-electron chi connectivity index (χ3n) is 7.40. The van der Waals surface area contributed by atoms with Crippen LogP contribution in [0.1, 0.15) is 40.7 Å². The van der Waals surface area contributed by atoms with E-state index in [1.54, 1.807) is 17.8 Å². The monoisotopic (exact) mass is 580 g/mol. The molecule has 8 heteroatoms. The Morgan fingerprint density at radius 2 is 1.76 bits per heavy atom. The molecule has 0 radical (unpaired) electrons.